The Bertz CT molecular complexity index is 953. The van der Waals surface area contributed by atoms with Crippen LogP contribution < -0.4 is 10.2 Å². The third kappa shape index (κ3) is 3.38. The van der Waals surface area contributed by atoms with Gasteiger partial charge in [0.15, 0.2) is 11.5 Å². The van der Waals surface area contributed by atoms with Gasteiger partial charge in [-0.2, -0.15) is 5.10 Å². The molecule has 4 heterocycles. The standard InChI is InChI=1S/C19H23FN6O.2H2/c1-11(2)18(27)14-10-26(9-8-21-14)15-6-5-13(20)17(23-15)16-12-4-3-7-22-19(12)25-24-16;;/h3-7,11,14,18,21,27H,8-10H2,1-2H3,(H,22,24,25);2*1H. The molecular formula is C19H27FN6O. The zero-order chi connectivity index (χ0) is 19.0. The molecule has 0 spiro atoms. The van der Waals surface area contributed by atoms with Crippen LogP contribution in [0, 0.1) is 11.7 Å². The lowest BCUT2D eigenvalue weighted by atomic mass is 9.98. The number of hydrogen-bond donors (Lipinski definition) is 3. The van der Waals surface area contributed by atoms with Crippen molar-refractivity contribution in [3.05, 3.63) is 36.3 Å². The Morgan fingerprint density at radius 2 is 2.19 bits per heavy atom. The van der Waals surface area contributed by atoms with Crippen molar-refractivity contribution in [1.82, 2.24) is 25.5 Å². The van der Waals surface area contributed by atoms with Crippen LogP contribution in [0.4, 0.5) is 10.2 Å². The van der Waals surface area contributed by atoms with Gasteiger partial charge in [-0.1, -0.05) is 13.8 Å². The molecule has 0 aromatic carbocycles. The van der Waals surface area contributed by atoms with Crippen LogP contribution in [0.2, 0.25) is 0 Å². The van der Waals surface area contributed by atoms with E-state index in [0.717, 1.165) is 18.5 Å². The number of aliphatic hydroxyl groups is 1. The van der Waals surface area contributed by atoms with Crippen LogP contribution in [0.1, 0.15) is 16.7 Å². The molecule has 7 nitrogen and oxygen atoms in total. The lowest BCUT2D eigenvalue weighted by Crippen LogP contribution is -2.57. The smallest absolute Gasteiger partial charge is 0.181 e. The number of H-pyrrole nitrogens is 1. The number of aliphatic hydroxyl groups excluding tert-OH is 1. The molecule has 8 heteroatoms. The Kier molecular flexibility index (Phi) is 4.75. The number of pyridine rings is 2. The van der Waals surface area contributed by atoms with Gasteiger partial charge in [0.1, 0.15) is 11.5 Å². The van der Waals surface area contributed by atoms with E-state index in [1.807, 2.05) is 19.9 Å². The fourth-order valence-electron chi connectivity index (χ4n) is 3.49. The van der Waals surface area contributed by atoms with Crippen molar-refractivity contribution in [2.75, 3.05) is 24.5 Å². The molecule has 1 fully saturated rings. The van der Waals surface area contributed by atoms with Crippen LogP contribution in [0.15, 0.2) is 30.5 Å². The highest BCUT2D eigenvalue weighted by atomic mass is 19.1. The molecule has 4 rings (SSSR count). The summed E-state index contributed by atoms with van der Waals surface area (Å²) in [6.07, 6.45) is 1.20. The van der Waals surface area contributed by atoms with Crippen LogP contribution in [0.25, 0.3) is 22.4 Å². The Balaban J connectivity index is 0.00000150. The van der Waals surface area contributed by atoms with E-state index in [1.54, 1.807) is 18.3 Å². The van der Waals surface area contributed by atoms with Crippen molar-refractivity contribution in [3.63, 3.8) is 0 Å². The van der Waals surface area contributed by atoms with Gasteiger partial charge in [-0.05, 0) is 30.2 Å². The van der Waals surface area contributed by atoms with Crippen LogP contribution in [-0.2, 0) is 0 Å². The largest absolute Gasteiger partial charge is 0.391 e. The second kappa shape index (κ2) is 7.21. The summed E-state index contributed by atoms with van der Waals surface area (Å²) in [4.78, 5) is 10.8. The number of halogens is 1. The Hall–Kier alpha value is -2.58. The maximum Gasteiger partial charge on any atom is 0.181 e. The van der Waals surface area contributed by atoms with Crippen LogP contribution in [0.3, 0.4) is 0 Å². The summed E-state index contributed by atoms with van der Waals surface area (Å²) in [5.74, 6) is 0.422. The first-order valence-corrected chi connectivity index (χ1v) is 9.17. The monoisotopic (exact) mass is 374 g/mol. The van der Waals surface area contributed by atoms with E-state index < -0.39 is 11.9 Å². The molecule has 2 atom stereocenters. The van der Waals surface area contributed by atoms with E-state index in [2.05, 4.69) is 30.4 Å². The average molecular weight is 374 g/mol. The highest BCUT2D eigenvalue weighted by Crippen LogP contribution is 2.28. The summed E-state index contributed by atoms with van der Waals surface area (Å²) < 4.78 is 14.5. The van der Waals surface area contributed by atoms with Crippen molar-refractivity contribution in [2.45, 2.75) is 26.0 Å². The molecule has 0 radical (unpaired) electrons. The number of nitrogens with one attached hydrogen (secondary N) is 2. The molecular weight excluding hydrogens is 347 g/mol. The molecule has 3 aromatic heterocycles. The lowest BCUT2D eigenvalue weighted by Gasteiger charge is -2.38. The number of rotatable bonds is 4. The van der Waals surface area contributed by atoms with E-state index in [-0.39, 0.29) is 20.5 Å². The van der Waals surface area contributed by atoms with Crippen molar-refractivity contribution >= 4 is 16.9 Å². The Labute approximate surface area is 159 Å². The molecule has 1 aliphatic heterocycles. The molecule has 0 amide bonds. The first kappa shape index (κ1) is 17.8. The van der Waals surface area contributed by atoms with Gasteiger partial charge in [0, 0.05) is 34.1 Å². The second-order valence-corrected chi connectivity index (χ2v) is 7.21. The summed E-state index contributed by atoms with van der Waals surface area (Å²) in [7, 11) is 0. The fraction of sp³-hybridized carbons (Fsp3) is 0.421. The van der Waals surface area contributed by atoms with Gasteiger partial charge in [-0.15, -0.1) is 0 Å². The molecule has 146 valence electrons. The predicted octanol–water partition coefficient (Wildman–Crippen LogP) is 2.45. The topological polar surface area (TPSA) is 90.0 Å². The van der Waals surface area contributed by atoms with Crippen molar-refractivity contribution in [3.8, 4) is 11.4 Å². The van der Waals surface area contributed by atoms with E-state index in [0.29, 0.717) is 23.7 Å². The predicted molar refractivity (Wildman–Crippen MR) is 106 cm³/mol. The summed E-state index contributed by atoms with van der Waals surface area (Å²) in [5.41, 5.74) is 1.27. The SMILES string of the molecule is CC(C)C(O)C1CN(c2ccc(F)c(-c3[nH]nc4ncccc34)n2)CCN1.[HH].[HH]. The molecule has 27 heavy (non-hydrogen) atoms. The number of fused-ring (bicyclic) bond motifs is 1. The average Bonchev–Trinajstić information content (AvgIpc) is 3.12. The maximum atomic E-state index is 14.5. The molecule has 1 saturated heterocycles. The van der Waals surface area contributed by atoms with E-state index in [4.69, 9.17) is 0 Å². The zero-order valence-corrected chi connectivity index (χ0v) is 15.4. The number of piperazine rings is 1. The number of nitrogens with zero attached hydrogens (tertiary/aromatic N) is 4. The lowest BCUT2D eigenvalue weighted by molar-refractivity contribution is 0.0811. The van der Waals surface area contributed by atoms with Crippen molar-refractivity contribution < 1.29 is 12.4 Å². The van der Waals surface area contributed by atoms with Gasteiger partial charge in [0.05, 0.1) is 17.8 Å². The van der Waals surface area contributed by atoms with Crippen molar-refractivity contribution in [2.24, 2.45) is 5.92 Å². The van der Waals surface area contributed by atoms with Gasteiger partial charge in [-0.25, -0.2) is 14.4 Å². The summed E-state index contributed by atoms with van der Waals surface area (Å²) in [6.45, 7) is 6.08. The third-order valence-electron chi connectivity index (χ3n) is 5.02. The molecule has 3 aromatic rings. The van der Waals surface area contributed by atoms with Gasteiger partial charge >= 0.3 is 0 Å². The minimum Gasteiger partial charge on any atom is -0.391 e. The normalized spacial score (nSPS) is 19.0. The highest BCUT2D eigenvalue weighted by molar-refractivity contribution is 5.89. The van der Waals surface area contributed by atoms with Gasteiger partial charge in [-0.3, -0.25) is 5.10 Å². The number of aromatic amines is 1. The third-order valence-corrected chi connectivity index (χ3v) is 5.02. The van der Waals surface area contributed by atoms with Crippen LogP contribution >= 0.6 is 0 Å². The van der Waals surface area contributed by atoms with Gasteiger partial charge in [0.2, 0.25) is 0 Å². The Morgan fingerprint density at radius 3 is 3.00 bits per heavy atom. The Morgan fingerprint density at radius 1 is 1.33 bits per heavy atom. The summed E-state index contributed by atoms with van der Waals surface area (Å²) in [5, 5.41) is 21.5. The quantitative estimate of drug-likeness (QED) is 0.650. The van der Waals surface area contributed by atoms with E-state index >= 15 is 0 Å². The second-order valence-electron chi connectivity index (χ2n) is 7.21. The summed E-state index contributed by atoms with van der Waals surface area (Å²) in [6, 6.07) is 6.69. The fourth-order valence-corrected chi connectivity index (χ4v) is 3.49. The summed E-state index contributed by atoms with van der Waals surface area (Å²) >= 11 is 0. The number of hydrogen-bond acceptors (Lipinski definition) is 6. The highest BCUT2D eigenvalue weighted by Gasteiger charge is 2.28. The minimum atomic E-state index is -0.449. The van der Waals surface area contributed by atoms with Crippen LogP contribution in [0.5, 0.6) is 0 Å². The minimum absolute atomic E-state index is 0. The van der Waals surface area contributed by atoms with Crippen LogP contribution in [-0.4, -0.2) is 57.1 Å². The zero-order valence-electron chi connectivity index (χ0n) is 15.4. The molecule has 2 unspecified atom stereocenters. The maximum absolute atomic E-state index is 14.5. The first-order chi connectivity index (χ1) is 13.0. The molecule has 0 bridgehead atoms. The molecule has 0 aliphatic carbocycles. The van der Waals surface area contributed by atoms with E-state index in [1.165, 1.54) is 6.07 Å². The van der Waals surface area contributed by atoms with Crippen molar-refractivity contribution in [1.29, 1.82) is 0 Å². The van der Waals surface area contributed by atoms with Gasteiger partial charge < -0.3 is 15.3 Å². The first-order valence-electron chi connectivity index (χ1n) is 9.17. The molecule has 1 aliphatic rings. The molecule has 3 N–H and O–H groups in total. The number of aromatic nitrogens is 4. The van der Waals surface area contributed by atoms with E-state index in [9.17, 15) is 9.50 Å². The molecule has 0 saturated carbocycles. The number of anilines is 1. The van der Waals surface area contributed by atoms with Gasteiger partial charge in [0.25, 0.3) is 0 Å².